The maximum Gasteiger partial charge on any atom is 0.411 e. The van der Waals surface area contributed by atoms with Crippen LogP contribution in [-0.4, -0.2) is 49.0 Å². The Bertz CT molecular complexity index is 1020. The number of ether oxygens (including phenoxy) is 1. The summed E-state index contributed by atoms with van der Waals surface area (Å²) in [7, 11) is 0. The summed E-state index contributed by atoms with van der Waals surface area (Å²) in [4.78, 5) is 39.0. The van der Waals surface area contributed by atoms with Gasteiger partial charge in [-0.1, -0.05) is 48.9 Å². The van der Waals surface area contributed by atoms with Gasteiger partial charge in [0.05, 0.1) is 13.2 Å². The van der Waals surface area contributed by atoms with Crippen molar-refractivity contribution in [1.29, 1.82) is 0 Å². The van der Waals surface area contributed by atoms with Gasteiger partial charge in [-0.3, -0.25) is 14.9 Å². The summed E-state index contributed by atoms with van der Waals surface area (Å²) in [6.45, 7) is 3.29. The maximum atomic E-state index is 12.9. The van der Waals surface area contributed by atoms with E-state index >= 15 is 0 Å². The van der Waals surface area contributed by atoms with Crippen LogP contribution in [0.25, 0.3) is 0 Å². The third-order valence-electron chi connectivity index (χ3n) is 6.44. The first kappa shape index (κ1) is 26.5. The van der Waals surface area contributed by atoms with Gasteiger partial charge in [-0.05, 0) is 48.6 Å². The Kier molecular flexibility index (Phi) is 9.51. The number of benzene rings is 2. The third kappa shape index (κ3) is 7.70. The van der Waals surface area contributed by atoms with Gasteiger partial charge in [0.15, 0.2) is 0 Å². The van der Waals surface area contributed by atoms with Crippen LogP contribution in [0.15, 0.2) is 48.5 Å². The van der Waals surface area contributed by atoms with Crippen molar-refractivity contribution in [2.24, 2.45) is 11.1 Å². The van der Waals surface area contributed by atoms with E-state index in [2.05, 4.69) is 17.6 Å². The molecule has 1 fully saturated rings. The summed E-state index contributed by atoms with van der Waals surface area (Å²) in [6, 6.07) is 14.9. The van der Waals surface area contributed by atoms with Crippen molar-refractivity contribution in [3.63, 3.8) is 0 Å². The van der Waals surface area contributed by atoms with Crippen LogP contribution in [0.2, 0.25) is 5.02 Å². The number of hydrogen-bond donors (Lipinski definition) is 3. The maximum absolute atomic E-state index is 12.9. The summed E-state index contributed by atoms with van der Waals surface area (Å²) >= 11 is 6.19. The fraction of sp³-hybridized carbons (Fsp3) is 0.423. The zero-order valence-corrected chi connectivity index (χ0v) is 20.8. The summed E-state index contributed by atoms with van der Waals surface area (Å²) in [6.07, 6.45) is 1.55. The molecule has 1 aliphatic heterocycles. The summed E-state index contributed by atoms with van der Waals surface area (Å²) < 4.78 is 5.57. The zero-order valence-electron chi connectivity index (χ0n) is 20.0. The molecule has 1 saturated heterocycles. The molecular formula is C26H33ClN4O4. The van der Waals surface area contributed by atoms with Gasteiger partial charge in [0.1, 0.15) is 0 Å². The summed E-state index contributed by atoms with van der Waals surface area (Å²) in [5.74, 6) is -0.293. The average Bonchev–Trinajstić information content (AvgIpc) is 2.87. The van der Waals surface area contributed by atoms with Crippen molar-refractivity contribution in [2.45, 2.75) is 39.2 Å². The quantitative estimate of drug-likeness (QED) is 0.485. The third-order valence-corrected chi connectivity index (χ3v) is 6.81. The number of nitrogens with one attached hydrogen (secondary N) is 2. The first-order valence-corrected chi connectivity index (χ1v) is 12.2. The van der Waals surface area contributed by atoms with Gasteiger partial charge in [-0.25, -0.2) is 4.79 Å². The molecule has 1 aliphatic rings. The SMILES string of the molecule is CCc1ccc(NC(=O)OCC2(CC(=O)NCc3ccccc3Cl)CCN(C(=O)CN)CC2)cc1. The summed E-state index contributed by atoms with van der Waals surface area (Å²) in [5.41, 5.74) is 7.56. The second-order valence-electron chi connectivity index (χ2n) is 8.88. The van der Waals surface area contributed by atoms with Crippen molar-refractivity contribution in [1.82, 2.24) is 10.2 Å². The molecule has 0 aliphatic carbocycles. The highest BCUT2D eigenvalue weighted by molar-refractivity contribution is 6.31. The average molecular weight is 501 g/mol. The Morgan fingerprint density at radius 3 is 2.40 bits per heavy atom. The number of carbonyl (C=O) groups is 3. The van der Waals surface area contributed by atoms with Gasteiger partial charge in [0.2, 0.25) is 11.8 Å². The largest absolute Gasteiger partial charge is 0.449 e. The minimum absolute atomic E-state index is 0.0545. The van der Waals surface area contributed by atoms with Crippen molar-refractivity contribution in [2.75, 3.05) is 31.6 Å². The molecule has 0 unspecified atom stereocenters. The van der Waals surface area contributed by atoms with Gasteiger partial charge < -0.3 is 20.7 Å². The number of anilines is 1. The van der Waals surface area contributed by atoms with Crippen molar-refractivity contribution < 1.29 is 19.1 Å². The van der Waals surface area contributed by atoms with Crippen LogP contribution >= 0.6 is 11.6 Å². The fourth-order valence-electron chi connectivity index (χ4n) is 4.17. The molecule has 2 aromatic carbocycles. The first-order valence-electron chi connectivity index (χ1n) is 11.8. The van der Waals surface area contributed by atoms with E-state index in [1.165, 1.54) is 5.56 Å². The van der Waals surface area contributed by atoms with E-state index in [0.717, 1.165) is 12.0 Å². The van der Waals surface area contributed by atoms with Crippen molar-refractivity contribution >= 4 is 35.2 Å². The molecule has 2 aromatic rings. The van der Waals surface area contributed by atoms with Crippen molar-refractivity contribution in [3.8, 4) is 0 Å². The van der Waals surface area contributed by atoms with E-state index in [4.69, 9.17) is 22.1 Å². The molecule has 35 heavy (non-hydrogen) atoms. The number of nitrogens with zero attached hydrogens (tertiary/aromatic N) is 1. The molecule has 3 amide bonds. The lowest BCUT2D eigenvalue weighted by Gasteiger charge is -2.41. The van der Waals surface area contributed by atoms with E-state index in [1.54, 1.807) is 11.0 Å². The van der Waals surface area contributed by atoms with Crippen LogP contribution in [0.3, 0.4) is 0 Å². The molecule has 9 heteroatoms. The molecule has 0 atom stereocenters. The van der Waals surface area contributed by atoms with Gasteiger partial charge in [0, 0.05) is 42.2 Å². The van der Waals surface area contributed by atoms with Gasteiger partial charge in [-0.2, -0.15) is 0 Å². The number of hydrogen-bond acceptors (Lipinski definition) is 5. The number of likely N-dealkylation sites (tertiary alicyclic amines) is 1. The van der Waals surface area contributed by atoms with Crippen LogP contribution in [0, 0.1) is 5.41 Å². The van der Waals surface area contributed by atoms with E-state index in [1.807, 2.05) is 42.5 Å². The van der Waals surface area contributed by atoms with Crippen LogP contribution in [-0.2, 0) is 27.3 Å². The Morgan fingerprint density at radius 1 is 1.09 bits per heavy atom. The lowest BCUT2D eigenvalue weighted by Crippen LogP contribution is -2.48. The first-order chi connectivity index (χ1) is 16.8. The van der Waals surface area contributed by atoms with E-state index in [0.29, 0.717) is 43.2 Å². The second kappa shape index (κ2) is 12.6. The lowest BCUT2D eigenvalue weighted by atomic mass is 9.76. The molecule has 188 valence electrons. The van der Waals surface area contributed by atoms with Gasteiger partial charge in [0.25, 0.3) is 0 Å². The lowest BCUT2D eigenvalue weighted by molar-refractivity contribution is -0.133. The number of nitrogens with two attached hydrogens (primary N) is 1. The second-order valence-corrected chi connectivity index (χ2v) is 9.29. The zero-order chi connectivity index (χ0) is 25.3. The molecule has 0 saturated carbocycles. The smallest absolute Gasteiger partial charge is 0.411 e. The van der Waals surface area contributed by atoms with Crippen LogP contribution in [0.1, 0.15) is 37.3 Å². The number of piperidine rings is 1. The molecule has 8 nitrogen and oxygen atoms in total. The Labute approximate surface area is 211 Å². The topological polar surface area (TPSA) is 114 Å². The molecule has 1 heterocycles. The highest BCUT2D eigenvalue weighted by Gasteiger charge is 2.39. The number of halogens is 1. The minimum Gasteiger partial charge on any atom is -0.449 e. The predicted molar refractivity (Wildman–Crippen MR) is 136 cm³/mol. The fourth-order valence-corrected chi connectivity index (χ4v) is 4.37. The number of amides is 3. The van der Waals surface area contributed by atoms with Crippen LogP contribution < -0.4 is 16.4 Å². The highest BCUT2D eigenvalue weighted by atomic mass is 35.5. The molecule has 0 bridgehead atoms. The van der Waals surface area contributed by atoms with Crippen LogP contribution in [0.4, 0.5) is 10.5 Å². The Morgan fingerprint density at radius 2 is 1.77 bits per heavy atom. The van der Waals surface area contributed by atoms with Gasteiger partial charge >= 0.3 is 6.09 Å². The van der Waals surface area contributed by atoms with E-state index in [9.17, 15) is 14.4 Å². The Hall–Kier alpha value is -3.10. The summed E-state index contributed by atoms with van der Waals surface area (Å²) in [5, 5.41) is 6.24. The highest BCUT2D eigenvalue weighted by Crippen LogP contribution is 2.36. The van der Waals surface area contributed by atoms with E-state index in [-0.39, 0.29) is 31.4 Å². The normalized spacial score (nSPS) is 14.8. The molecule has 3 rings (SSSR count). The molecule has 4 N–H and O–H groups in total. The molecule has 0 spiro atoms. The minimum atomic E-state index is -0.584. The standard InChI is InChI=1S/C26H33ClN4O4/c1-2-19-7-9-21(10-8-19)30-25(34)35-18-26(11-13-31(14-12-26)24(33)16-28)15-23(32)29-17-20-5-3-4-6-22(20)27/h3-10H,2,11-18,28H2,1H3,(H,29,32)(H,30,34). The number of rotatable bonds is 9. The van der Waals surface area contributed by atoms with Crippen molar-refractivity contribution in [3.05, 3.63) is 64.7 Å². The predicted octanol–water partition coefficient (Wildman–Crippen LogP) is 3.72. The molecular weight excluding hydrogens is 468 g/mol. The number of aryl methyl sites for hydroxylation is 1. The van der Waals surface area contributed by atoms with Gasteiger partial charge in [-0.15, -0.1) is 0 Å². The molecule has 0 radical (unpaired) electrons. The van der Waals surface area contributed by atoms with Crippen LogP contribution in [0.5, 0.6) is 0 Å². The molecule has 0 aromatic heterocycles. The Balaban J connectivity index is 1.61. The van der Waals surface area contributed by atoms with E-state index < -0.39 is 11.5 Å². The monoisotopic (exact) mass is 500 g/mol. The number of carbonyl (C=O) groups excluding carboxylic acids is 3.